The molecule has 2 aliphatic heterocycles. The van der Waals surface area contributed by atoms with E-state index in [4.69, 9.17) is 9.47 Å². The number of carbonyl (C=O) groups excluding carboxylic acids is 1. The average molecular weight is 569 g/mol. The van der Waals surface area contributed by atoms with Crippen molar-refractivity contribution in [3.05, 3.63) is 0 Å². The van der Waals surface area contributed by atoms with E-state index in [1.54, 1.807) is 11.9 Å². The molecule has 0 saturated carbocycles. The molecule has 2 saturated heterocycles. The molecule has 0 radical (unpaired) electrons. The summed E-state index contributed by atoms with van der Waals surface area (Å²) in [5, 5.41) is 6.80. The third-order valence-electron chi connectivity index (χ3n) is 5.95. The van der Waals surface area contributed by atoms with Gasteiger partial charge >= 0.3 is 6.09 Å². The molecule has 3 unspecified atom stereocenters. The van der Waals surface area contributed by atoms with Crippen LogP contribution < -0.4 is 10.6 Å². The van der Waals surface area contributed by atoms with Gasteiger partial charge in [-0.25, -0.2) is 4.79 Å². The summed E-state index contributed by atoms with van der Waals surface area (Å²) in [5.74, 6) is 0.724. The van der Waals surface area contributed by atoms with Gasteiger partial charge < -0.3 is 25.0 Å². The normalized spacial score (nSPS) is 25.8. The number of nitrogens with one attached hydrogen (secondary N) is 2. The highest BCUT2D eigenvalue weighted by Gasteiger charge is 2.49. The molecule has 10 heteroatoms. The Hall–Kier alpha value is -0.850. The van der Waals surface area contributed by atoms with E-state index in [0.29, 0.717) is 12.6 Å². The van der Waals surface area contributed by atoms with Crippen LogP contribution in [0.2, 0.25) is 0 Å². The molecule has 1 amide bonds. The number of piperazine rings is 1. The van der Waals surface area contributed by atoms with Crippen LogP contribution in [0.4, 0.5) is 4.79 Å². The van der Waals surface area contributed by atoms with Crippen LogP contribution in [-0.4, -0.2) is 110 Å². The largest absolute Gasteiger partial charge is 0.444 e. The maximum absolute atomic E-state index is 12.9. The first-order valence-electron chi connectivity index (χ1n) is 11.4. The lowest BCUT2D eigenvalue weighted by Gasteiger charge is -2.37. The van der Waals surface area contributed by atoms with Gasteiger partial charge in [0.2, 0.25) is 0 Å². The second-order valence-corrected chi connectivity index (χ2v) is 10.2. The fourth-order valence-corrected chi connectivity index (χ4v) is 4.18. The predicted octanol–water partition coefficient (Wildman–Crippen LogP) is 2.17. The fraction of sp³-hybridized carbons (Fsp3) is 0.909. The minimum Gasteiger partial charge on any atom is -0.444 e. The Labute approximate surface area is 211 Å². The molecule has 2 fully saturated rings. The SMILES string of the molecule is CN=C(NCC(C)N1CCN(C)CC1)NCC1C(C)OC(C)(C)N1C(=O)OC(C)(C)C.I. The van der Waals surface area contributed by atoms with Crippen molar-refractivity contribution in [3.8, 4) is 0 Å². The number of amides is 1. The maximum Gasteiger partial charge on any atom is 0.412 e. The molecular weight excluding hydrogens is 523 g/mol. The first kappa shape index (κ1) is 29.2. The van der Waals surface area contributed by atoms with Crippen LogP contribution in [0.25, 0.3) is 0 Å². The van der Waals surface area contributed by atoms with Crippen LogP contribution in [0.5, 0.6) is 0 Å². The summed E-state index contributed by atoms with van der Waals surface area (Å²) in [6.07, 6.45) is -0.488. The van der Waals surface area contributed by atoms with E-state index in [1.807, 2.05) is 41.5 Å². The highest BCUT2D eigenvalue weighted by atomic mass is 127. The number of carbonyl (C=O) groups is 1. The Morgan fingerprint density at radius 2 is 1.81 bits per heavy atom. The molecule has 2 N–H and O–H groups in total. The standard InChI is InChI=1S/C22H44N6O3.HI/c1-16(27-12-10-26(9)11-13-27)14-24-19(23-8)25-15-18-17(2)30-22(6,7)28(18)20(29)31-21(3,4)5;/h16-18H,10-15H2,1-9H3,(H2,23,24,25);1H. The van der Waals surface area contributed by atoms with Gasteiger partial charge in [-0.1, -0.05) is 0 Å². The molecule has 0 aromatic carbocycles. The molecule has 0 aromatic rings. The van der Waals surface area contributed by atoms with Gasteiger partial charge in [0.25, 0.3) is 0 Å². The second-order valence-electron chi connectivity index (χ2n) is 10.2. The van der Waals surface area contributed by atoms with Crippen molar-refractivity contribution in [1.82, 2.24) is 25.3 Å². The third kappa shape index (κ3) is 8.18. The Morgan fingerprint density at radius 1 is 1.22 bits per heavy atom. The minimum atomic E-state index is -0.735. The lowest BCUT2D eigenvalue weighted by atomic mass is 10.1. The highest BCUT2D eigenvalue weighted by molar-refractivity contribution is 14.0. The van der Waals surface area contributed by atoms with Crippen molar-refractivity contribution < 1.29 is 14.3 Å². The zero-order chi connectivity index (χ0) is 23.4. The van der Waals surface area contributed by atoms with E-state index in [1.165, 1.54) is 0 Å². The zero-order valence-corrected chi connectivity index (χ0v) is 23.7. The molecule has 0 spiro atoms. The van der Waals surface area contributed by atoms with Crippen LogP contribution in [0.1, 0.15) is 48.5 Å². The van der Waals surface area contributed by atoms with Crippen molar-refractivity contribution in [2.75, 3.05) is 53.4 Å². The van der Waals surface area contributed by atoms with E-state index >= 15 is 0 Å². The van der Waals surface area contributed by atoms with Gasteiger partial charge in [0.15, 0.2) is 5.96 Å². The van der Waals surface area contributed by atoms with Gasteiger partial charge in [-0.15, -0.1) is 24.0 Å². The zero-order valence-electron chi connectivity index (χ0n) is 21.4. The van der Waals surface area contributed by atoms with Crippen molar-refractivity contribution in [2.45, 2.75) is 78.0 Å². The molecule has 2 heterocycles. The number of nitrogens with zero attached hydrogens (tertiary/aromatic N) is 4. The monoisotopic (exact) mass is 568 g/mol. The maximum atomic E-state index is 12.9. The van der Waals surface area contributed by atoms with Crippen molar-refractivity contribution in [3.63, 3.8) is 0 Å². The topological polar surface area (TPSA) is 81.7 Å². The van der Waals surface area contributed by atoms with Crippen molar-refractivity contribution >= 4 is 36.0 Å². The van der Waals surface area contributed by atoms with Gasteiger partial charge in [0.05, 0.1) is 12.1 Å². The van der Waals surface area contributed by atoms with E-state index in [9.17, 15) is 4.79 Å². The average Bonchev–Trinajstić information content (AvgIpc) is 2.88. The molecule has 2 rings (SSSR count). The van der Waals surface area contributed by atoms with Crippen LogP contribution in [0, 0.1) is 0 Å². The summed E-state index contributed by atoms with van der Waals surface area (Å²) in [6.45, 7) is 19.4. The summed E-state index contributed by atoms with van der Waals surface area (Å²) in [7, 11) is 3.93. The number of rotatable bonds is 5. The molecule has 32 heavy (non-hydrogen) atoms. The summed E-state index contributed by atoms with van der Waals surface area (Å²) in [6, 6.07) is 0.247. The van der Waals surface area contributed by atoms with Gasteiger partial charge in [0, 0.05) is 52.4 Å². The predicted molar refractivity (Wildman–Crippen MR) is 140 cm³/mol. The quantitative estimate of drug-likeness (QED) is 0.299. The fourth-order valence-electron chi connectivity index (χ4n) is 4.18. The van der Waals surface area contributed by atoms with Gasteiger partial charge in [0.1, 0.15) is 11.3 Å². The summed E-state index contributed by atoms with van der Waals surface area (Å²) in [5.41, 5.74) is -1.30. The first-order valence-corrected chi connectivity index (χ1v) is 11.4. The van der Waals surface area contributed by atoms with Crippen LogP contribution in [0.15, 0.2) is 4.99 Å². The number of ether oxygens (including phenoxy) is 2. The van der Waals surface area contributed by atoms with E-state index < -0.39 is 11.3 Å². The van der Waals surface area contributed by atoms with Crippen LogP contribution >= 0.6 is 24.0 Å². The molecular formula is C22H45IN6O3. The molecule has 2 aliphatic rings. The summed E-state index contributed by atoms with van der Waals surface area (Å²) < 4.78 is 11.7. The Kier molecular flexibility index (Phi) is 11.0. The third-order valence-corrected chi connectivity index (χ3v) is 5.95. The van der Waals surface area contributed by atoms with Gasteiger partial charge in [-0.2, -0.15) is 0 Å². The van der Waals surface area contributed by atoms with Gasteiger partial charge in [-0.3, -0.25) is 14.8 Å². The number of hydrogen-bond acceptors (Lipinski definition) is 6. The molecule has 0 aliphatic carbocycles. The van der Waals surface area contributed by atoms with E-state index in [2.05, 4.69) is 39.4 Å². The first-order chi connectivity index (χ1) is 14.3. The molecule has 0 bridgehead atoms. The molecule has 9 nitrogen and oxygen atoms in total. The number of guanidine groups is 1. The molecule has 0 aromatic heterocycles. The second kappa shape index (κ2) is 12.0. The van der Waals surface area contributed by atoms with E-state index in [0.717, 1.165) is 38.7 Å². The summed E-state index contributed by atoms with van der Waals surface area (Å²) >= 11 is 0. The van der Waals surface area contributed by atoms with Crippen molar-refractivity contribution in [1.29, 1.82) is 0 Å². The van der Waals surface area contributed by atoms with Gasteiger partial charge in [-0.05, 0) is 55.5 Å². The lowest BCUT2D eigenvalue weighted by molar-refractivity contribution is -0.0755. The van der Waals surface area contributed by atoms with E-state index in [-0.39, 0.29) is 42.2 Å². The molecule has 3 atom stereocenters. The number of aliphatic imine (C=N–C) groups is 1. The Morgan fingerprint density at radius 3 is 2.34 bits per heavy atom. The summed E-state index contributed by atoms with van der Waals surface area (Å²) in [4.78, 5) is 23.8. The van der Waals surface area contributed by atoms with Crippen LogP contribution in [0.3, 0.4) is 0 Å². The van der Waals surface area contributed by atoms with Crippen LogP contribution in [-0.2, 0) is 9.47 Å². The smallest absolute Gasteiger partial charge is 0.412 e. The number of hydrogen-bond donors (Lipinski definition) is 2. The van der Waals surface area contributed by atoms with Crippen molar-refractivity contribution in [2.24, 2.45) is 4.99 Å². The lowest BCUT2D eigenvalue weighted by Crippen LogP contribution is -2.55. The molecule has 188 valence electrons. The number of halogens is 1. The Bertz CT molecular complexity index is 632. The minimum absolute atomic E-state index is 0. The Balaban J connectivity index is 0.00000512. The number of likely N-dealkylation sites (N-methyl/N-ethyl adjacent to an activating group) is 1. The highest BCUT2D eigenvalue weighted by Crippen LogP contribution is 2.33.